The molecule has 4 nitrogen and oxygen atoms in total. The van der Waals surface area contributed by atoms with Crippen LogP contribution in [0.3, 0.4) is 0 Å². The molecule has 0 unspecified atom stereocenters. The number of hydrogen-bond donors (Lipinski definition) is 1. The lowest BCUT2D eigenvalue weighted by molar-refractivity contribution is -0.120. The minimum atomic E-state index is -0.00423. The molecule has 0 bridgehead atoms. The Balaban J connectivity index is 2.34. The molecule has 1 N–H and O–H groups in total. The van der Waals surface area contributed by atoms with Crippen LogP contribution in [0.1, 0.15) is 16.8 Å². The van der Waals surface area contributed by atoms with E-state index in [1.165, 1.54) is 0 Å². The number of carbonyl (C=O) groups is 2. The molecular weight excluding hydrogens is 216 g/mol. The molecule has 1 amide bonds. The third-order valence-corrected chi connectivity index (χ3v) is 2.80. The summed E-state index contributed by atoms with van der Waals surface area (Å²) in [5, 5.41) is 3.51. The highest BCUT2D eigenvalue weighted by Gasteiger charge is 2.07. The van der Waals surface area contributed by atoms with E-state index in [0.29, 0.717) is 18.5 Å². The maximum absolute atomic E-state index is 11.2. The maximum atomic E-state index is 11.2. The summed E-state index contributed by atoms with van der Waals surface area (Å²) in [6, 6.07) is 7.69. The average molecular weight is 230 g/mol. The van der Waals surface area contributed by atoms with Crippen molar-refractivity contribution in [2.24, 2.45) is 0 Å². The normalized spacial score (nSPS) is 10.4. The number of aldehydes is 1. The van der Waals surface area contributed by atoms with Crippen molar-refractivity contribution in [2.45, 2.75) is 13.0 Å². The first kappa shape index (κ1) is 11.4. The number of nitrogens with one attached hydrogen (secondary N) is 1. The summed E-state index contributed by atoms with van der Waals surface area (Å²) in [6.07, 6.45) is 3.05. The number of benzene rings is 1. The van der Waals surface area contributed by atoms with Crippen LogP contribution >= 0.6 is 0 Å². The van der Waals surface area contributed by atoms with Gasteiger partial charge in [-0.3, -0.25) is 9.59 Å². The third kappa shape index (κ3) is 2.20. The Morgan fingerprint density at radius 2 is 2.18 bits per heavy atom. The molecule has 0 saturated heterocycles. The zero-order valence-electron chi connectivity index (χ0n) is 9.64. The van der Waals surface area contributed by atoms with Gasteiger partial charge in [0.15, 0.2) is 6.29 Å². The van der Waals surface area contributed by atoms with Gasteiger partial charge in [-0.1, -0.05) is 18.2 Å². The molecule has 2 rings (SSSR count). The van der Waals surface area contributed by atoms with Gasteiger partial charge >= 0.3 is 0 Å². The molecule has 0 atom stereocenters. The molecule has 0 radical (unpaired) electrons. The third-order valence-electron chi connectivity index (χ3n) is 2.80. The Morgan fingerprint density at radius 1 is 1.41 bits per heavy atom. The molecule has 0 aliphatic rings. The second-order valence-electron chi connectivity index (χ2n) is 3.84. The van der Waals surface area contributed by atoms with Crippen LogP contribution in [0.15, 0.2) is 30.5 Å². The number of carbonyl (C=O) groups excluding carboxylic acids is 2. The molecule has 0 aliphatic heterocycles. The molecule has 1 aromatic carbocycles. The average Bonchev–Trinajstić information content (AvgIpc) is 2.74. The van der Waals surface area contributed by atoms with Gasteiger partial charge in [0.2, 0.25) is 5.91 Å². The lowest BCUT2D eigenvalue weighted by atomic mass is 10.2. The Kier molecular flexibility index (Phi) is 3.23. The van der Waals surface area contributed by atoms with Crippen LogP contribution in [0.5, 0.6) is 0 Å². The molecule has 0 saturated carbocycles. The number of hydrogen-bond acceptors (Lipinski definition) is 2. The van der Waals surface area contributed by atoms with Crippen molar-refractivity contribution >= 4 is 23.1 Å². The summed E-state index contributed by atoms with van der Waals surface area (Å²) < 4.78 is 1.94. The molecule has 1 aromatic heterocycles. The number of fused-ring (bicyclic) bond motifs is 1. The van der Waals surface area contributed by atoms with Gasteiger partial charge in [0, 0.05) is 42.7 Å². The quantitative estimate of drug-likeness (QED) is 0.811. The Morgan fingerprint density at radius 3 is 2.88 bits per heavy atom. The van der Waals surface area contributed by atoms with Crippen molar-refractivity contribution in [3.8, 4) is 0 Å². The van der Waals surface area contributed by atoms with E-state index < -0.39 is 0 Å². The van der Waals surface area contributed by atoms with Gasteiger partial charge in [-0.2, -0.15) is 0 Å². The van der Waals surface area contributed by atoms with Crippen molar-refractivity contribution in [3.63, 3.8) is 0 Å². The van der Waals surface area contributed by atoms with E-state index in [9.17, 15) is 9.59 Å². The van der Waals surface area contributed by atoms with Gasteiger partial charge in [-0.25, -0.2) is 0 Å². The van der Waals surface area contributed by atoms with Gasteiger partial charge in [-0.05, 0) is 6.07 Å². The highest BCUT2D eigenvalue weighted by atomic mass is 16.1. The van der Waals surface area contributed by atoms with Crippen LogP contribution in [0.2, 0.25) is 0 Å². The smallest absolute Gasteiger partial charge is 0.221 e. The Labute approximate surface area is 99.2 Å². The molecule has 0 aliphatic carbocycles. The predicted octanol–water partition coefficient (Wildman–Crippen LogP) is 1.59. The SMILES string of the molecule is CNC(=O)CCn1cc(C=O)c2ccccc21. The number of nitrogens with zero attached hydrogens (tertiary/aromatic N) is 1. The number of amides is 1. The summed E-state index contributed by atoms with van der Waals surface area (Å²) in [4.78, 5) is 22.1. The number of rotatable bonds is 4. The highest BCUT2D eigenvalue weighted by Crippen LogP contribution is 2.20. The second kappa shape index (κ2) is 4.82. The summed E-state index contributed by atoms with van der Waals surface area (Å²) in [5.41, 5.74) is 1.65. The van der Waals surface area contributed by atoms with Gasteiger partial charge in [0.05, 0.1) is 0 Å². The summed E-state index contributed by atoms with van der Waals surface area (Å²) in [7, 11) is 1.62. The van der Waals surface area contributed by atoms with E-state index >= 15 is 0 Å². The van der Waals surface area contributed by atoms with E-state index in [0.717, 1.165) is 17.2 Å². The minimum absolute atomic E-state index is 0.00423. The van der Waals surface area contributed by atoms with Crippen molar-refractivity contribution < 1.29 is 9.59 Å². The van der Waals surface area contributed by atoms with Gasteiger partial charge in [-0.15, -0.1) is 0 Å². The van der Waals surface area contributed by atoms with E-state index in [-0.39, 0.29) is 5.91 Å². The van der Waals surface area contributed by atoms with E-state index in [4.69, 9.17) is 0 Å². The zero-order chi connectivity index (χ0) is 12.3. The van der Waals surface area contributed by atoms with Gasteiger partial charge in [0.25, 0.3) is 0 Å². The second-order valence-corrected chi connectivity index (χ2v) is 3.84. The van der Waals surface area contributed by atoms with E-state index in [2.05, 4.69) is 5.32 Å². The van der Waals surface area contributed by atoms with E-state index in [1.807, 2.05) is 28.8 Å². The lowest BCUT2D eigenvalue weighted by Crippen LogP contribution is -2.19. The molecule has 4 heteroatoms. The fraction of sp³-hybridized carbons (Fsp3) is 0.231. The fourth-order valence-corrected chi connectivity index (χ4v) is 1.90. The monoisotopic (exact) mass is 230 g/mol. The first-order valence-corrected chi connectivity index (χ1v) is 5.50. The fourth-order valence-electron chi connectivity index (χ4n) is 1.90. The molecule has 0 fully saturated rings. The van der Waals surface area contributed by atoms with Crippen molar-refractivity contribution in [1.29, 1.82) is 0 Å². The van der Waals surface area contributed by atoms with Crippen LogP contribution in [0.25, 0.3) is 10.9 Å². The lowest BCUT2D eigenvalue weighted by Gasteiger charge is -2.04. The molecule has 1 heterocycles. The molecule has 0 spiro atoms. The predicted molar refractivity (Wildman–Crippen MR) is 66.0 cm³/mol. The number of aromatic nitrogens is 1. The van der Waals surface area contributed by atoms with Crippen LogP contribution in [-0.2, 0) is 11.3 Å². The number of para-hydroxylation sites is 1. The number of aryl methyl sites for hydroxylation is 1. The van der Waals surface area contributed by atoms with Crippen LogP contribution in [0, 0.1) is 0 Å². The van der Waals surface area contributed by atoms with Crippen LogP contribution in [-0.4, -0.2) is 23.8 Å². The molecule has 2 aromatic rings. The van der Waals surface area contributed by atoms with Gasteiger partial charge < -0.3 is 9.88 Å². The highest BCUT2D eigenvalue weighted by molar-refractivity contribution is 5.97. The maximum Gasteiger partial charge on any atom is 0.221 e. The van der Waals surface area contributed by atoms with Crippen molar-refractivity contribution in [2.75, 3.05) is 7.05 Å². The van der Waals surface area contributed by atoms with Crippen molar-refractivity contribution in [3.05, 3.63) is 36.0 Å². The van der Waals surface area contributed by atoms with Gasteiger partial charge in [0.1, 0.15) is 0 Å². The van der Waals surface area contributed by atoms with Crippen LogP contribution in [0.4, 0.5) is 0 Å². The minimum Gasteiger partial charge on any atom is -0.359 e. The Hall–Kier alpha value is -2.10. The topological polar surface area (TPSA) is 51.1 Å². The van der Waals surface area contributed by atoms with Crippen molar-refractivity contribution in [1.82, 2.24) is 9.88 Å². The molecular formula is C13H14N2O2. The summed E-state index contributed by atoms with van der Waals surface area (Å²) in [5.74, 6) is -0.00423. The zero-order valence-corrected chi connectivity index (χ0v) is 9.64. The van der Waals surface area contributed by atoms with Crippen LogP contribution < -0.4 is 5.32 Å². The standard InChI is InChI=1S/C13H14N2O2/c1-14-13(17)6-7-15-8-10(9-16)11-4-2-3-5-12(11)15/h2-5,8-9H,6-7H2,1H3,(H,14,17). The first-order valence-electron chi connectivity index (χ1n) is 5.50. The first-order chi connectivity index (χ1) is 8.26. The molecule has 17 heavy (non-hydrogen) atoms. The van der Waals surface area contributed by atoms with E-state index in [1.54, 1.807) is 13.2 Å². The Bertz CT molecular complexity index is 558. The largest absolute Gasteiger partial charge is 0.359 e. The summed E-state index contributed by atoms with van der Waals surface area (Å²) in [6.45, 7) is 0.577. The summed E-state index contributed by atoms with van der Waals surface area (Å²) >= 11 is 0. The molecule has 88 valence electrons.